The van der Waals surface area contributed by atoms with Crippen LogP contribution in [0.3, 0.4) is 0 Å². The molecule has 2 amide bonds. The molecule has 0 spiro atoms. The molecule has 0 saturated carbocycles. The maximum absolute atomic E-state index is 11.9. The van der Waals surface area contributed by atoms with Gasteiger partial charge >= 0.3 is 11.8 Å². The van der Waals surface area contributed by atoms with Crippen molar-refractivity contribution in [3.63, 3.8) is 0 Å². The number of nitrogens with zero attached hydrogens (tertiary/aromatic N) is 1. The molecule has 32 heavy (non-hydrogen) atoms. The summed E-state index contributed by atoms with van der Waals surface area (Å²) in [6.45, 7) is 3.69. The van der Waals surface area contributed by atoms with Crippen molar-refractivity contribution in [2.45, 2.75) is 32.5 Å². The molecule has 2 aromatic carbocycles. The molecule has 2 aromatic rings. The van der Waals surface area contributed by atoms with Crippen LogP contribution in [-0.2, 0) is 20.9 Å². The second-order valence-corrected chi connectivity index (χ2v) is 7.53. The zero-order valence-corrected chi connectivity index (χ0v) is 18.6. The Morgan fingerprint density at radius 1 is 1.16 bits per heavy atom. The second kappa shape index (κ2) is 12.1. The van der Waals surface area contributed by atoms with Gasteiger partial charge in [0, 0.05) is 18.2 Å². The topological polar surface area (TPSA) is 98.2 Å². The first-order valence-corrected chi connectivity index (χ1v) is 10.8. The van der Waals surface area contributed by atoms with Crippen LogP contribution in [0.15, 0.2) is 47.6 Å². The third-order valence-corrected chi connectivity index (χ3v) is 4.93. The average Bonchev–Trinajstić information content (AvgIpc) is 3.32. The summed E-state index contributed by atoms with van der Waals surface area (Å²) in [7, 11) is 0. The lowest BCUT2D eigenvalue weighted by molar-refractivity contribution is -0.139. The van der Waals surface area contributed by atoms with Crippen LogP contribution in [0.25, 0.3) is 0 Å². The van der Waals surface area contributed by atoms with Crippen LogP contribution in [0.1, 0.15) is 30.9 Å². The van der Waals surface area contributed by atoms with Crippen molar-refractivity contribution in [3.8, 4) is 11.5 Å². The number of halogens is 1. The van der Waals surface area contributed by atoms with E-state index in [4.69, 9.17) is 25.8 Å². The molecule has 2 N–H and O–H groups in total. The van der Waals surface area contributed by atoms with E-state index in [-0.39, 0.29) is 6.10 Å². The van der Waals surface area contributed by atoms with Gasteiger partial charge in [-0.25, -0.2) is 5.43 Å². The lowest BCUT2D eigenvalue weighted by Gasteiger charge is -2.12. The number of rotatable bonds is 9. The zero-order valence-electron chi connectivity index (χ0n) is 17.8. The van der Waals surface area contributed by atoms with Crippen molar-refractivity contribution < 1.29 is 23.8 Å². The summed E-state index contributed by atoms with van der Waals surface area (Å²) in [5.74, 6) is -0.464. The third-order valence-electron chi connectivity index (χ3n) is 4.68. The van der Waals surface area contributed by atoms with Gasteiger partial charge in [0.15, 0.2) is 11.5 Å². The Kier molecular flexibility index (Phi) is 8.89. The van der Waals surface area contributed by atoms with Gasteiger partial charge in [-0.2, -0.15) is 5.10 Å². The van der Waals surface area contributed by atoms with E-state index in [1.807, 2.05) is 19.1 Å². The van der Waals surface area contributed by atoms with Crippen molar-refractivity contribution in [2.24, 2.45) is 5.10 Å². The Balaban J connectivity index is 1.53. The number of benzene rings is 2. The number of ether oxygens (including phenoxy) is 3. The molecule has 0 aromatic heterocycles. The predicted octanol–water partition coefficient (Wildman–Crippen LogP) is 3.06. The van der Waals surface area contributed by atoms with Crippen LogP contribution in [0.2, 0.25) is 5.02 Å². The Morgan fingerprint density at radius 2 is 1.97 bits per heavy atom. The summed E-state index contributed by atoms with van der Waals surface area (Å²) in [5.41, 5.74) is 3.87. The van der Waals surface area contributed by atoms with Crippen LogP contribution >= 0.6 is 11.6 Å². The minimum atomic E-state index is -0.841. The van der Waals surface area contributed by atoms with E-state index in [1.54, 1.807) is 30.3 Å². The predicted molar refractivity (Wildman–Crippen MR) is 121 cm³/mol. The van der Waals surface area contributed by atoms with E-state index < -0.39 is 11.8 Å². The largest absolute Gasteiger partial charge is 0.490 e. The summed E-state index contributed by atoms with van der Waals surface area (Å²) in [4.78, 5) is 23.7. The van der Waals surface area contributed by atoms with Crippen molar-refractivity contribution in [2.75, 3.05) is 19.8 Å². The number of hydrogen-bond acceptors (Lipinski definition) is 6. The van der Waals surface area contributed by atoms with Gasteiger partial charge in [0.1, 0.15) is 6.61 Å². The zero-order chi connectivity index (χ0) is 22.8. The lowest BCUT2D eigenvalue weighted by Crippen LogP contribution is -2.41. The first-order chi connectivity index (χ1) is 15.5. The van der Waals surface area contributed by atoms with Crippen molar-refractivity contribution in [1.29, 1.82) is 0 Å². The van der Waals surface area contributed by atoms with E-state index in [1.165, 1.54) is 6.21 Å². The molecule has 1 aliphatic heterocycles. The molecular weight excluding hydrogens is 434 g/mol. The van der Waals surface area contributed by atoms with Gasteiger partial charge in [0.25, 0.3) is 0 Å². The minimum absolute atomic E-state index is 0.0346. The fraction of sp³-hybridized carbons (Fsp3) is 0.348. The fourth-order valence-corrected chi connectivity index (χ4v) is 3.17. The Labute approximate surface area is 191 Å². The summed E-state index contributed by atoms with van der Waals surface area (Å²) in [6, 6.07) is 12.7. The van der Waals surface area contributed by atoms with Crippen LogP contribution in [0.5, 0.6) is 11.5 Å². The van der Waals surface area contributed by atoms with Gasteiger partial charge in [0.05, 0.1) is 18.9 Å². The molecule has 1 atom stereocenters. The number of hydrogen-bond donors (Lipinski definition) is 2. The highest BCUT2D eigenvalue weighted by atomic mass is 35.5. The molecule has 1 fully saturated rings. The second-order valence-electron chi connectivity index (χ2n) is 7.10. The maximum atomic E-state index is 11.9. The molecule has 170 valence electrons. The standard InChI is InChI=1S/C23H26ClN3O5/c1-2-30-21-12-17(7-10-20(21)32-15-16-5-8-18(24)9-6-16)13-26-27-23(29)22(28)25-14-19-4-3-11-31-19/h5-10,12-13,19H,2-4,11,14-15H2,1H3,(H,25,28)(H,27,29)/b26-13-/t19-/m0/s1. The van der Waals surface area contributed by atoms with Crippen LogP contribution in [0.4, 0.5) is 0 Å². The third kappa shape index (κ3) is 7.25. The monoisotopic (exact) mass is 459 g/mol. The van der Waals surface area contributed by atoms with E-state index in [0.717, 1.165) is 18.4 Å². The summed E-state index contributed by atoms with van der Waals surface area (Å²) >= 11 is 5.91. The minimum Gasteiger partial charge on any atom is -0.490 e. The molecule has 1 heterocycles. The van der Waals surface area contributed by atoms with Gasteiger partial charge in [-0.1, -0.05) is 23.7 Å². The highest BCUT2D eigenvalue weighted by Crippen LogP contribution is 2.29. The Bertz CT molecular complexity index is 943. The first-order valence-electron chi connectivity index (χ1n) is 10.4. The lowest BCUT2D eigenvalue weighted by atomic mass is 10.2. The van der Waals surface area contributed by atoms with Gasteiger partial charge in [0.2, 0.25) is 0 Å². The van der Waals surface area contributed by atoms with Gasteiger partial charge in [-0.05, 0) is 61.2 Å². The van der Waals surface area contributed by atoms with Crippen LogP contribution in [0, 0.1) is 0 Å². The highest BCUT2D eigenvalue weighted by molar-refractivity contribution is 6.35. The number of nitrogens with one attached hydrogen (secondary N) is 2. The molecule has 1 aliphatic rings. The molecule has 0 aliphatic carbocycles. The van der Waals surface area contributed by atoms with Crippen LogP contribution < -0.4 is 20.2 Å². The number of amides is 2. The van der Waals surface area contributed by atoms with Crippen molar-refractivity contribution in [3.05, 3.63) is 58.6 Å². The van der Waals surface area contributed by atoms with Gasteiger partial charge in [-0.15, -0.1) is 0 Å². The Morgan fingerprint density at radius 3 is 2.69 bits per heavy atom. The maximum Gasteiger partial charge on any atom is 0.329 e. The summed E-state index contributed by atoms with van der Waals surface area (Å²) < 4.78 is 16.9. The smallest absolute Gasteiger partial charge is 0.329 e. The molecule has 0 bridgehead atoms. The quantitative estimate of drug-likeness (QED) is 0.341. The fourth-order valence-electron chi connectivity index (χ4n) is 3.04. The highest BCUT2D eigenvalue weighted by Gasteiger charge is 2.19. The normalized spacial score (nSPS) is 15.5. The summed E-state index contributed by atoms with van der Waals surface area (Å²) in [5, 5.41) is 7.06. The number of carbonyl (C=O) groups is 2. The van der Waals surface area contributed by atoms with Gasteiger partial charge in [-0.3, -0.25) is 9.59 Å². The van der Waals surface area contributed by atoms with E-state index in [0.29, 0.717) is 48.5 Å². The van der Waals surface area contributed by atoms with E-state index in [9.17, 15) is 9.59 Å². The molecule has 1 saturated heterocycles. The summed E-state index contributed by atoms with van der Waals surface area (Å²) in [6.07, 6.45) is 3.23. The molecular formula is C23H26ClN3O5. The first kappa shape index (κ1) is 23.6. The Hall–Kier alpha value is -3.10. The molecule has 8 nitrogen and oxygen atoms in total. The van der Waals surface area contributed by atoms with E-state index in [2.05, 4.69) is 15.8 Å². The molecule has 9 heteroatoms. The number of carbonyl (C=O) groups excluding carboxylic acids is 2. The SMILES string of the molecule is CCOc1cc(/C=N\NC(=O)C(=O)NC[C@@H]2CCCO2)ccc1OCc1ccc(Cl)cc1. The average molecular weight is 460 g/mol. The van der Waals surface area contributed by atoms with Gasteiger partial charge < -0.3 is 19.5 Å². The molecule has 3 rings (SSSR count). The van der Waals surface area contributed by atoms with E-state index >= 15 is 0 Å². The molecule has 0 unspecified atom stereocenters. The number of hydrazone groups is 1. The van der Waals surface area contributed by atoms with Crippen molar-refractivity contribution in [1.82, 2.24) is 10.7 Å². The molecule has 0 radical (unpaired) electrons. The van der Waals surface area contributed by atoms with Crippen LogP contribution in [-0.4, -0.2) is 43.9 Å². The van der Waals surface area contributed by atoms with Crippen molar-refractivity contribution >= 4 is 29.6 Å².